The minimum absolute atomic E-state index is 0.322. The second-order valence-electron chi connectivity index (χ2n) is 3.66. The molecule has 1 rings (SSSR count). The van der Waals surface area contributed by atoms with Gasteiger partial charge >= 0.3 is 10.2 Å². The summed E-state index contributed by atoms with van der Waals surface area (Å²) in [5.41, 5.74) is 0. The van der Waals surface area contributed by atoms with Crippen LogP contribution in [0.3, 0.4) is 0 Å². The summed E-state index contributed by atoms with van der Waals surface area (Å²) in [5, 5.41) is 0. The SMILES string of the molecule is CN1CCCC1CCCS(=O)(=O)F. The van der Waals surface area contributed by atoms with Gasteiger partial charge in [-0.15, -0.1) is 3.89 Å². The van der Waals surface area contributed by atoms with Gasteiger partial charge in [0.05, 0.1) is 5.75 Å². The first kappa shape index (κ1) is 10.9. The van der Waals surface area contributed by atoms with Gasteiger partial charge in [0.1, 0.15) is 0 Å². The maximum Gasteiger partial charge on any atom is 0.302 e. The van der Waals surface area contributed by atoms with E-state index >= 15 is 0 Å². The molecule has 1 atom stereocenters. The van der Waals surface area contributed by atoms with Crippen molar-refractivity contribution in [1.29, 1.82) is 0 Å². The zero-order chi connectivity index (χ0) is 9.90. The predicted octanol–water partition coefficient (Wildman–Crippen LogP) is 1.16. The topological polar surface area (TPSA) is 37.4 Å². The van der Waals surface area contributed by atoms with Crippen LogP contribution in [0.15, 0.2) is 0 Å². The van der Waals surface area contributed by atoms with Crippen LogP contribution in [0.25, 0.3) is 0 Å². The van der Waals surface area contributed by atoms with Gasteiger partial charge in [-0.05, 0) is 39.3 Å². The van der Waals surface area contributed by atoms with Crippen LogP contribution in [0.4, 0.5) is 3.89 Å². The second kappa shape index (κ2) is 4.37. The van der Waals surface area contributed by atoms with Gasteiger partial charge < -0.3 is 4.90 Å². The molecule has 0 aromatic carbocycles. The number of hydrogen-bond donors (Lipinski definition) is 0. The van der Waals surface area contributed by atoms with Crippen LogP contribution in [0.1, 0.15) is 25.7 Å². The van der Waals surface area contributed by atoms with Crippen LogP contribution in [-0.2, 0) is 10.2 Å². The Kier molecular flexibility index (Phi) is 3.67. The van der Waals surface area contributed by atoms with Gasteiger partial charge in [0.25, 0.3) is 0 Å². The van der Waals surface area contributed by atoms with Crippen LogP contribution < -0.4 is 0 Å². The zero-order valence-corrected chi connectivity index (χ0v) is 8.69. The van der Waals surface area contributed by atoms with E-state index < -0.39 is 10.2 Å². The summed E-state index contributed by atoms with van der Waals surface area (Å²) >= 11 is 0. The van der Waals surface area contributed by atoms with E-state index in [9.17, 15) is 12.3 Å². The molecule has 5 heteroatoms. The molecule has 1 aliphatic rings. The Morgan fingerprint density at radius 2 is 2.23 bits per heavy atom. The zero-order valence-electron chi connectivity index (χ0n) is 7.87. The lowest BCUT2D eigenvalue weighted by Gasteiger charge is -2.18. The largest absolute Gasteiger partial charge is 0.303 e. The molecular weight excluding hydrogens is 193 g/mol. The minimum atomic E-state index is -4.25. The molecule has 78 valence electrons. The second-order valence-corrected chi connectivity index (χ2v) is 5.15. The quantitative estimate of drug-likeness (QED) is 0.652. The fourth-order valence-corrected chi connectivity index (χ4v) is 2.35. The molecule has 1 fully saturated rings. The Morgan fingerprint density at radius 3 is 2.69 bits per heavy atom. The average molecular weight is 209 g/mol. The molecule has 1 aliphatic heterocycles. The molecule has 0 bridgehead atoms. The molecule has 13 heavy (non-hydrogen) atoms. The van der Waals surface area contributed by atoms with Gasteiger partial charge in [-0.2, -0.15) is 8.42 Å². The van der Waals surface area contributed by atoms with Crippen molar-refractivity contribution in [3.8, 4) is 0 Å². The standard InChI is InChI=1S/C8H16FNO2S/c1-10-6-2-4-8(10)5-3-7-13(9,11)12/h8H,2-7H2,1H3. The van der Waals surface area contributed by atoms with E-state index in [1.54, 1.807) is 0 Å². The maximum absolute atomic E-state index is 12.1. The van der Waals surface area contributed by atoms with Crippen molar-refractivity contribution in [3.05, 3.63) is 0 Å². The van der Waals surface area contributed by atoms with Crippen LogP contribution in [0.2, 0.25) is 0 Å². The number of nitrogens with zero attached hydrogens (tertiary/aromatic N) is 1. The molecule has 0 aromatic heterocycles. The van der Waals surface area contributed by atoms with Crippen molar-refractivity contribution in [2.75, 3.05) is 19.3 Å². The lowest BCUT2D eigenvalue weighted by Crippen LogP contribution is -2.25. The molecule has 1 heterocycles. The molecule has 0 saturated carbocycles. The molecule has 0 radical (unpaired) electrons. The third-order valence-electron chi connectivity index (χ3n) is 2.60. The van der Waals surface area contributed by atoms with Crippen LogP contribution in [0, 0.1) is 0 Å². The average Bonchev–Trinajstić information content (AvgIpc) is 2.34. The lowest BCUT2D eigenvalue weighted by atomic mass is 10.1. The molecule has 0 spiro atoms. The van der Waals surface area contributed by atoms with E-state index in [2.05, 4.69) is 4.90 Å². The third-order valence-corrected chi connectivity index (χ3v) is 3.37. The summed E-state index contributed by atoms with van der Waals surface area (Å²) in [6, 6.07) is 0.460. The Balaban J connectivity index is 2.19. The molecule has 0 aromatic rings. The Hall–Kier alpha value is -0.160. The summed E-state index contributed by atoms with van der Waals surface area (Å²) in [5.74, 6) is -0.322. The van der Waals surface area contributed by atoms with Crippen molar-refractivity contribution in [2.45, 2.75) is 31.7 Å². The summed E-state index contributed by atoms with van der Waals surface area (Å²) in [6.07, 6.45) is 3.51. The van der Waals surface area contributed by atoms with E-state index in [1.165, 1.54) is 6.42 Å². The van der Waals surface area contributed by atoms with Gasteiger partial charge in [0.15, 0.2) is 0 Å². The fraction of sp³-hybridized carbons (Fsp3) is 1.00. The van der Waals surface area contributed by atoms with Crippen molar-refractivity contribution in [3.63, 3.8) is 0 Å². The van der Waals surface area contributed by atoms with E-state index in [-0.39, 0.29) is 5.75 Å². The lowest BCUT2D eigenvalue weighted by molar-refractivity contribution is 0.295. The third kappa shape index (κ3) is 4.04. The number of hydrogen-bond acceptors (Lipinski definition) is 3. The molecule has 0 N–H and O–H groups in total. The van der Waals surface area contributed by atoms with Crippen molar-refractivity contribution in [1.82, 2.24) is 4.90 Å². The summed E-state index contributed by atoms with van der Waals surface area (Å²) in [6.45, 7) is 1.08. The highest BCUT2D eigenvalue weighted by Gasteiger charge is 2.20. The van der Waals surface area contributed by atoms with E-state index in [1.807, 2.05) is 7.05 Å². The first-order valence-corrected chi connectivity index (χ1v) is 6.17. The van der Waals surface area contributed by atoms with Crippen LogP contribution in [-0.4, -0.2) is 38.7 Å². The van der Waals surface area contributed by atoms with Crippen LogP contribution in [0.5, 0.6) is 0 Å². The number of rotatable bonds is 4. The van der Waals surface area contributed by atoms with Gasteiger partial charge in [0, 0.05) is 6.04 Å². The Morgan fingerprint density at radius 1 is 1.54 bits per heavy atom. The first-order chi connectivity index (χ1) is 5.99. The molecule has 1 unspecified atom stereocenters. The normalized spacial score (nSPS) is 25.2. The molecule has 0 aliphatic carbocycles. The van der Waals surface area contributed by atoms with E-state index in [0.717, 1.165) is 19.4 Å². The van der Waals surface area contributed by atoms with Gasteiger partial charge in [-0.3, -0.25) is 0 Å². The maximum atomic E-state index is 12.1. The van der Waals surface area contributed by atoms with E-state index in [0.29, 0.717) is 12.5 Å². The smallest absolute Gasteiger partial charge is 0.302 e. The monoisotopic (exact) mass is 209 g/mol. The highest BCUT2D eigenvalue weighted by molar-refractivity contribution is 7.86. The highest BCUT2D eigenvalue weighted by Crippen LogP contribution is 2.19. The minimum Gasteiger partial charge on any atom is -0.303 e. The summed E-state index contributed by atoms with van der Waals surface area (Å²) < 4.78 is 32.5. The van der Waals surface area contributed by atoms with Gasteiger partial charge in [0.2, 0.25) is 0 Å². The molecule has 3 nitrogen and oxygen atoms in total. The van der Waals surface area contributed by atoms with E-state index in [4.69, 9.17) is 0 Å². The summed E-state index contributed by atoms with van der Waals surface area (Å²) in [4.78, 5) is 2.21. The fourth-order valence-electron chi connectivity index (χ4n) is 1.84. The Labute approximate surface area is 79.1 Å². The van der Waals surface area contributed by atoms with Crippen molar-refractivity contribution >= 4 is 10.2 Å². The highest BCUT2D eigenvalue weighted by atomic mass is 32.3. The summed E-state index contributed by atoms with van der Waals surface area (Å²) in [7, 11) is -2.22. The van der Waals surface area contributed by atoms with Crippen LogP contribution >= 0.6 is 0 Å². The number of halogens is 1. The van der Waals surface area contributed by atoms with Crippen molar-refractivity contribution in [2.24, 2.45) is 0 Å². The van der Waals surface area contributed by atoms with Gasteiger partial charge in [-0.1, -0.05) is 0 Å². The predicted molar refractivity (Wildman–Crippen MR) is 49.8 cm³/mol. The number of likely N-dealkylation sites (tertiary alicyclic amines) is 1. The molecule has 1 saturated heterocycles. The first-order valence-electron chi connectivity index (χ1n) is 4.61. The van der Waals surface area contributed by atoms with Crippen molar-refractivity contribution < 1.29 is 12.3 Å². The van der Waals surface area contributed by atoms with Gasteiger partial charge in [-0.25, -0.2) is 0 Å². The molecule has 0 amide bonds. The molecular formula is C8H16FNO2S. The Bertz CT molecular complexity index is 253.